The maximum atomic E-state index is 9.50. The lowest BCUT2D eigenvalue weighted by Gasteiger charge is -2.18. The van der Waals surface area contributed by atoms with Crippen LogP contribution in [0.15, 0.2) is 30.5 Å². The minimum Gasteiger partial charge on any atom is -0.389 e. The van der Waals surface area contributed by atoms with Gasteiger partial charge in [0.15, 0.2) is 0 Å². The van der Waals surface area contributed by atoms with Crippen LogP contribution >= 0.6 is 0 Å². The lowest BCUT2D eigenvalue weighted by atomic mass is 9.89. The lowest BCUT2D eigenvalue weighted by Crippen LogP contribution is -2.19. The maximum absolute atomic E-state index is 9.50. The van der Waals surface area contributed by atoms with E-state index in [4.69, 9.17) is 0 Å². The second-order valence-electron chi connectivity index (χ2n) is 6.54. The van der Waals surface area contributed by atoms with E-state index in [1.165, 1.54) is 16.8 Å². The Labute approximate surface area is 126 Å². The summed E-state index contributed by atoms with van der Waals surface area (Å²) in [5.74, 6) is 0. The van der Waals surface area contributed by atoms with Crippen molar-refractivity contribution in [1.82, 2.24) is 15.5 Å². The molecule has 1 atom stereocenters. The van der Waals surface area contributed by atoms with E-state index in [-0.39, 0.29) is 5.41 Å². The molecule has 21 heavy (non-hydrogen) atoms. The lowest BCUT2D eigenvalue weighted by molar-refractivity contribution is 0.199. The molecule has 4 heteroatoms. The first-order valence-electron chi connectivity index (χ1n) is 7.38. The predicted molar refractivity (Wildman–Crippen MR) is 84.9 cm³/mol. The fourth-order valence-corrected chi connectivity index (χ4v) is 2.35. The first kappa shape index (κ1) is 15.7. The Morgan fingerprint density at radius 2 is 1.86 bits per heavy atom. The molecule has 0 aliphatic carbocycles. The molecule has 2 rings (SSSR count). The van der Waals surface area contributed by atoms with Crippen molar-refractivity contribution in [2.45, 2.75) is 52.3 Å². The standard InChI is InChI=1S/C17H25N3O/c1-12(21)14-7-5-13(6-8-14)9-18-10-15-11-19-20-16(15)17(2,3)4/h5-8,11-12,18,21H,9-10H2,1-4H3,(H,19,20). The fraction of sp³-hybridized carbons (Fsp3) is 0.471. The van der Waals surface area contributed by atoms with E-state index >= 15 is 0 Å². The molecule has 4 nitrogen and oxygen atoms in total. The van der Waals surface area contributed by atoms with Crippen LogP contribution in [-0.2, 0) is 18.5 Å². The van der Waals surface area contributed by atoms with Gasteiger partial charge in [0.1, 0.15) is 0 Å². The average molecular weight is 287 g/mol. The molecule has 1 aromatic heterocycles. The first-order valence-corrected chi connectivity index (χ1v) is 7.38. The molecule has 0 aliphatic rings. The molecule has 0 saturated heterocycles. The molecule has 0 aliphatic heterocycles. The zero-order chi connectivity index (χ0) is 15.5. The van der Waals surface area contributed by atoms with Crippen LogP contribution in [0.1, 0.15) is 56.2 Å². The van der Waals surface area contributed by atoms with Crippen molar-refractivity contribution in [3.8, 4) is 0 Å². The van der Waals surface area contributed by atoms with Crippen molar-refractivity contribution >= 4 is 0 Å². The molecule has 0 bridgehead atoms. The fourth-order valence-electron chi connectivity index (χ4n) is 2.35. The van der Waals surface area contributed by atoms with Gasteiger partial charge in [-0.3, -0.25) is 5.10 Å². The molecule has 1 heterocycles. The minimum absolute atomic E-state index is 0.0758. The van der Waals surface area contributed by atoms with Crippen molar-refractivity contribution in [3.05, 3.63) is 52.8 Å². The number of hydrogen-bond donors (Lipinski definition) is 3. The number of aromatic nitrogens is 2. The van der Waals surface area contributed by atoms with Gasteiger partial charge in [-0.25, -0.2) is 0 Å². The molecule has 114 valence electrons. The van der Waals surface area contributed by atoms with Crippen LogP contribution in [-0.4, -0.2) is 15.3 Å². The summed E-state index contributed by atoms with van der Waals surface area (Å²) in [4.78, 5) is 0. The van der Waals surface area contributed by atoms with Gasteiger partial charge in [0.05, 0.1) is 12.3 Å². The Morgan fingerprint density at radius 3 is 2.43 bits per heavy atom. The number of nitrogens with zero attached hydrogens (tertiary/aromatic N) is 1. The quantitative estimate of drug-likeness (QED) is 0.792. The second kappa shape index (κ2) is 6.41. The van der Waals surface area contributed by atoms with E-state index < -0.39 is 6.10 Å². The van der Waals surface area contributed by atoms with Gasteiger partial charge >= 0.3 is 0 Å². The third-order valence-electron chi connectivity index (χ3n) is 3.57. The normalized spacial score (nSPS) is 13.4. The third-order valence-corrected chi connectivity index (χ3v) is 3.57. The summed E-state index contributed by atoms with van der Waals surface area (Å²) in [7, 11) is 0. The summed E-state index contributed by atoms with van der Waals surface area (Å²) < 4.78 is 0. The number of benzene rings is 1. The van der Waals surface area contributed by atoms with E-state index in [0.29, 0.717) is 0 Å². The Bertz CT molecular complexity index is 564. The van der Waals surface area contributed by atoms with E-state index in [2.05, 4.69) is 48.4 Å². The van der Waals surface area contributed by atoms with Gasteiger partial charge in [-0.15, -0.1) is 0 Å². The molecule has 3 N–H and O–H groups in total. The van der Waals surface area contributed by atoms with Gasteiger partial charge < -0.3 is 10.4 Å². The van der Waals surface area contributed by atoms with Crippen LogP contribution in [0.3, 0.4) is 0 Å². The minimum atomic E-state index is -0.410. The van der Waals surface area contributed by atoms with Gasteiger partial charge in [0, 0.05) is 29.8 Å². The van der Waals surface area contributed by atoms with Crippen LogP contribution in [0.4, 0.5) is 0 Å². The summed E-state index contributed by atoms with van der Waals surface area (Å²) in [6, 6.07) is 8.05. The monoisotopic (exact) mass is 287 g/mol. The highest BCUT2D eigenvalue weighted by molar-refractivity contribution is 5.25. The Hall–Kier alpha value is -1.65. The van der Waals surface area contributed by atoms with Crippen LogP contribution in [0.2, 0.25) is 0 Å². The number of nitrogens with one attached hydrogen (secondary N) is 2. The number of aliphatic hydroxyl groups is 1. The predicted octanol–water partition coefficient (Wildman–Crippen LogP) is 3.05. The number of hydrogen-bond acceptors (Lipinski definition) is 3. The molecule has 1 aromatic carbocycles. The second-order valence-corrected chi connectivity index (χ2v) is 6.54. The number of aromatic amines is 1. The van der Waals surface area contributed by atoms with E-state index in [0.717, 1.165) is 18.7 Å². The zero-order valence-electron chi connectivity index (χ0n) is 13.3. The molecule has 0 spiro atoms. The smallest absolute Gasteiger partial charge is 0.0761 e. The Kier molecular flexibility index (Phi) is 4.80. The number of rotatable bonds is 5. The average Bonchev–Trinajstić information content (AvgIpc) is 2.88. The summed E-state index contributed by atoms with van der Waals surface area (Å²) in [6.45, 7) is 9.91. The molecule has 0 fully saturated rings. The van der Waals surface area contributed by atoms with Crippen molar-refractivity contribution in [2.24, 2.45) is 0 Å². The summed E-state index contributed by atoms with van der Waals surface area (Å²) in [5, 5.41) is 20.2. The Morgan fingerprint density at radius 1 is 1.19 bits per heavy atom. The maximum Gasteiger partial charge on any atom is 0.0761 e. The third kappa shape index (κ3) is 4.16. The largest absolute Gasteiger partial charge is 0.389 e. The molecular formula is C17H25N3O. The number of aliphatic hydroxyl groups excluding tert-OH is 1. The molecule has 1 unspecified atom stereocenters. The zero-order valence-corrected chi connectivity index (χ0v) is 13.3. The van der Waals surface area contributed by atoms with Crippen LogP contribution in [0.5, 0.6) is 0 Å². The van der Waals surface area contributed by atoms with Gasteiger partial charge in [0.25, 0.3) is 0 Å². The van der Waals surface area contributed by atoms with Crippen molar-refractivity contribution in [3.63, 3.8) is 0 Å². The van der Waals surface area contributed by atoms with Crippen LogP contribution in [0, 0.1) is 0 Å². The topological polar surface area (TPSA) is 60.9 Å². The van der Waals surface area contributed by atoms with E-state index in [1.54, 1.807) is 6.92 Å². The summed E-state index contributed by atoms with van der Waals surface area (Å²) in [6.07, 6.45) is 1.48. The van der Waals surface area contributed by atoms with Crippen LogP contribution in [0.25, 0.3) is 0 Å². The summed E-state index contributed by atoms with van der Waals surface area (Å²) in [5.41, 5.74) is 4.62. The number of H-pyrrole nitrogens is 1. The highest BCUT2D eigenvalue weighted by atomic mass is 16.3. The van der Waals surface area contributed by atoms with E-state index in [9.17, 15) is 5.11 Å². The molecule has 0 saturated carbocycles. The molecular weight excluding hydrogens is 262 g/mol. The summed E-state index contributed by atoms with van der Waals surface area (Å²) >= 11 is 0. The molecule has 2 aromatic rings. The first-order chi connectivity index (χ1) is 9.88. The highest BCUT2D eigenvalue weighted by Gasteiger charge is 2.19. The van der Waals surface area contributed by atoms with Gasteiger partial charge in [-0.1, -0.05) is 45.0 Å². The van der Waals surface area contributed by atoms with Gasteiger partial charge in [0.2, 0.25) is 0 Å². The molecule has 0 radical (unpaired) electrons. The van der Waals surface area contributed by atoms with Crippen molar-refractivity contribution < 1.29 is 5.11 Å². The molecule has 0 amide bonds. The van der Waals surface area contributed by atoms with Crippen LogP contribution < -0.4 is 5.32 Å². The van der Waals surface area contributed by atoms with E-state index in [1.807, 2.05) is 18.3 Å². The SMILES string of the molecule is CC(O)c1ccc(CNCc2cn[nH]c2C(C)(C)C)cc1. The van der Waals surface area contributed by atoms with Crippen molar-refractivity contribution in [1.29, 1.82) is 0 Å². The van der Waals surface area contributed by atoms with Gasteiger partial charge in [-0.05, 0) is 18.1 Å². The Balaban J connectivity index is 1.91. The van der Waals surface area contributed by atoms with Crippen molar-refractivity contribution in [2.75, 3.05) is 0 Å². The highest BCUT2D eigenvalue weighted by Crippen LogP contribution is 2.23. The van der Waals surface area contributed by atoms with Gasteiger partial charge in [-0.2, -0.15) is 5.10 Å².